The highest BCUT2D eigenvalue weighted by Crippen LogP contribution is 2.36. The highest BCUT2D eigenvalue weighted by Gasteiger charge is 2.40. The van der Waals surface area contributed by atoms with Crippen LogP contribution in [0.25, 0.3) is 0 Å². The fraction of sp³-hybridized carbons (Fsp3) is 0.440. The fourth-order valence-corrected chi connectivity index (χ4v) is 3.84. The summed E-state index contributed by atoms with van der Waals surface area (Å²) in [7, 11) is 2.79. The van der Waals surface area contributed by atoms with Gasteiger partial charge in [-0.3, -0.25) is 4.79 Å². The molecule has 178 valence electrons. The number of benzene rings is 2. The zero-order valence-electron chi connectivity index (χ0n) is 19.4. The number of nitrogens with one attached hydrogen (secondary N) is 1. The van der Waals surface area contributed by atoms with Crippen molar-refractivity contribution in [2.24, 2.45) is 0 Å². The molecule has 1 saturated heterocycles. The van der Waals surface area contributed by atoms with Crippen molar-refractivity contribution in [1.82, 2.24) is 4.90 Å². The van der Waals surface area contributed by atoms with E-state index in [1.54, 1.807) is 12.1 Å². The van der Waals surface area contributed by atoms with Crippen LogP contribution in [0.3, 0.4) is 0 Å². The normalized spacial score (nSPS) is 17.5. The molecule has 0 unspecified atom stereocenters. The quantitative estimate of drug-likeness (QED) is 0.418. The van der Waals surface area contributed by atoms with Crippen LogP contribution in [0.2, 0.25) is 0 Å². The zero-order valence-corrected chi connectivity index (χ0v) is 19.4. The van der Waals surface area contributed by atoms with Crippen LogP contribution in [0, 0.1) is 0 Å². The van der Waals surface area contributed by atoms with Gasteiger partial charge in [0.1, 0.15) is 12.6 Å². The molecule has 0 bridgehead atoms. The van der Waals surface area contributed by atoms with Gasteiger partial charge in [0.05, 0.1) is 31.6 Å². The van der Waals surface area contributed by atoms with Gasteiger partial charge in [0.15, 0.2) is 11.5 Å². The first-order valence-electron chi connectivity index (χ1n) is 11.2. The van der Waals surface area contributed by atoms with Gasteiger partial charge in [0, 0.05) is 25.6 Å². The summed E-state index contributed by atoms with van der Waals surface area (Å²) in [5.74, 6) is -0.0170. The number of carbonyl (C=O) groups is 2. The lowest BCUT2D eigenvalue weighted by atomic mass is 10.1. The number of β-amino-alcohol motifs (C(OH)–C–C–N with tert-alkyl or cyclic N) is 1. The van der Waals surface area contributed by atoms with E-state index in [1.807, 2.05) is 30.3 Å². The molecule has 2 aromatic rings. The van der Waals surface area contributed by atoms with Crippen LogP contribution in [-0.2, 0) is 16.1 Å². The first-order chi connectivity index (χ1) is 16.0. The Labute approximate surface area is 194 Å². The van der Waals surface area contributed by atoms with Crippen molar-refractivity contribution < 1.29 is 28.9 Å². The average Bonchev–Trinajstić information content (AvgIpc) is 3.24. The summed E-state index contributed by atoms with van der Waals surface area (Å²) in [6.45, 7) is 3.16. The third kappa shape index (κ3) is 5.96. The molecule has 0 saturated carbocycles. The van der Waals surface area contributed by atoms with Gasteiger partial charge in [-0.25, -0.2) is 4.79 Å². The number of unbranched alkanes of at least 4 members (excludes halogenated alkanes) is 1. The lowest BCUT2D eigenvalue weighted by Gasteiger charge is -2.25. The molecule has 3 rings (SSSR count). The Balaban J connectivity index is 1.93. The molecule has 0 aliphatic carbocycles. The van der Waals surface area contributed by atoms with Crippen LogP contribution < -0.4 is 14.8 Å². The second-order valence-electron chi connectivity index (χ2n) is 7.99. The number of nitrogens with zero attached hydrogens (tertiary/aromatic N) is 1. The maximum absolute atomic E-state index is 13.5. The first-order valence-corrected chi connectivity index (χ1v) is 11.2. The summed E-state index contributed by atoms with van der Waals surface area (Å²) in [6, 6.07) is 12.3. The number of ether oxygens (including phenoxy) is 3. The van der Waals surface area contributed by atoms with Crippen molar-refractivity contribution in [3.8, 4) is 11.5 Å². The molecule has 1 aliphatic heterocycles. The third-order valence-corrected chi connectivity index (χ3v) is 5.63. The second kappa shape index (κ2) is 11.6. The summed E-state index contributed by atoms with van der Waals surface area (Å²) < 4.78 is 16.4. The van der Waals surface area contributed by atoms with E-state index in [-0.39, 0.29) is 18.9 Å². The number of hydrogen-bond acceptors (Lipinski definition) is 7. The summed E-state index contributed by atoms with van der Waals surface area (Å²) in [5.41, 5.74) is 1.94. The van der Waals surface area contributed by atoms with Gasteiger partial charge in [0.25, 0.3) is 5.91 Å². The lowest BCUT2D eigenvalue weighted by molar-refractivity contribution is -0.145. The number of rotatable bonds is 10. The van der Waals surface area contributed by atoms with Crippen LogP contribution >= 0.6 is 0 Å². The Hall–Kier alpha value is -3.26. The topological polar surface area (TPSA) is 97.3 Å². The molecule has 33 heavy (non-hydrogen) atoms. The summed E-state index contributed by atoms with van der Waals surface area (Å²) in [5, 5.41) is 13.4. The van der Waals surface area contributed by atoms with E-state index in [9.17, 15) is 14.7 Å². The van der Waals surface area contributed by atoms with Gasteiger partial charge in [-0.2, -0.15) is 0 Å². The van der Waals surface area contributed by atoms with Crippen molar-refractivity contribution in [3.05, 3.63) is 53.6 Å². The maximum Gasteiger partial charge on any atom is 0.328 e. The van der Waals surface area contributed by atoms with Gasteiger partial charge < -0.3 is 29.5 Å². The van der Waals surface area contributed by atoms with Crippen molar-refractivity contribution in [2.45, 2.75) is 44.9 Å². The van der Waals surface area contributed by atoms with Gasteiger partial charge in [-0.05, 0) is 18.1 Å². The standard InChI is InChI=1S/C25H32N2O6/c1-4-5-11-26-20-14-23(33-16-17-9-7-6-8-10-17)22(31-2)13-19(20)24(29)27-15-18(28)12-21(27)25(30)32-3/h6-10,13-14,18,21,26,28H,4-5,11-12,15-16H2,1-3H3/t18-,21+/m1/s1. The first kappa shape index (κ1) is 24.4. The van der Waals surface area contributed by atoms with Crippen molar-refractivity contribution in [3.63, 3.8) is 0 Å². The third-order valence-electron chi connectivity index (χ3n) is 5.63. The Morgan fingerprint density at radius 1 is 1.15 bits per heavy atom. The van der Waals surface area contributed by atoms with Crippen molar-refractivity contribution >= 4 is 17.6 Å². The number of aliphatic hydroxyl groups excluding tert-OH is 1. The van der Waals surface area contributed by atoms with E-state index >= 15 is 0 Å². The molecule has 8 heteroatoms. The van der Waals surface area contributed by atoms with Crippen molar-refractivity contribution in [1.29, 1.82) is 0 Å². The Kier molecular flexibility index (Phi) is 8.54. The molecule has 1 amide bonds. The van der Waals surface area contributed by atoms with Crippen molar-refractivity contribution in [2.75, 3.05) is 32.6 Å². The number of carbonyl (C=O) groups excluding carboxylic acids is 2. The highest BCUT2D eigenvalue weighted by atomic mass is 16.5. The fourth-order valence-electron chi connectivity index (χ4n) is 3.84. The molecule has 2 N–H and O–H groups in total. The number of anilines is 1. The Bertz CT molecular complexity index is 949. The summed E-state index contributed by atoms with van der Waals surface area (Å²) >= 11 is 0. The van der Waals surface area contributed by atoms with Gasteiger partial charge in [-0.15, -0.1) is 0 Å². The van der Waals surface area contributed by atoms with Gasteiger partial charge >= 0.3 is 5.97 Å². The molecule has 0 spiro atoms. The smallest absolute Gasteiger partial charge is 0.328 e. The molecule has 2 aromatic carbocycles. The molecular weight excluding hydrogens is 424 g/mol. The maximum atomic E-state index is 13.5. The van der Waals surface area contributed by atoms with Crippen LogP contribution in [0.15, 0.2) is 42.5 Å². The minimum Gasteiger partial charge on any atom is -0.493 e. The molecule has 8 nitrogen and oxygen atoms in total. The number of likely N-dealkylation sites (tertiary alicyclic amines) is 1. The molecular formula is C25H32N2O6. The number of amides is 1. The van der Waals surface area contributed by atoms with Gasteiger partial charge in [0.2, 0.25) is 0 Å². The van der Waals surface area contributed by atoms with E-state index in [4.69, 9.17) is 14.2 Å². The van der Waals surface area contributed by atoms with E-state index in [0.29, 0.717) is 35.9 Å². The largest absolute Gasteiger partial charge is 0.493 e. The molecule has 2 atom stereocenters. The van der Waals surface area contributed by atoms with E-state index in [2.05, 4.69) is 12.2 Å². The lowest BCUT2D eigenvalue weighted by Crippen LogP contribution is -2.41. The van der Waals surface area contributed by atoms with E-state index < -0.39 is 18.1 Å². The van der Waals surface area contributed by atoms with Crippen LogP contribution in [0.5, 0.6) is 11.5 Å². The van der Waals surface area contributed by atoms with Gasteiger partial charge in [-0.1, -0.05) is 43.7 Å². The predicted octanol–water partition coefficient (Wildman–Crippen LogP) is 3.23. The molecule has 1 aliphatic rings. The molecule has 1 heterocycles. The number of methoxy groups -OCH3 is 2. The summed E-state index contributed by atoms with van der Waals surface area (Å²) in [6.07, 6.45) is 1.27. The number of hydrogen-bond donors (Lipinski definition) is 2. The minimum absolute atomic E-state index is 0.0571. The number of esters is 1. The molecule has 0 radical (unpaired) electrons. The SMILES string of the molecule is CCCCNc1cc(OCc2ccccc2)c(OC)cc1C(=O)N1C[C@H](O)C[C@H]1C(=O)OC. The second-order valence-corrected chi connectivity index (χ2v) is 7.99. The van der Waals surface area contributed by atoms with Crippen LogP contribution in [0.1, 0.15) is 42.1 Å². The molecule has 0 aromatic heterocycles. The zero-order chi connectivity index (χ0) is 23.8. The monoisotopic (exact) mass is 456 g/mol. The highest BCUT2D eigenvalue weighted by molar-refractivity contribution is 6.02. The summed E-state index contributed by atoms with van der Waals surface area (Å²) in [4.78, 5) is 27.1. The van der Waals surface area contributed by atoms with Crippen LogP contribution in [-0.4, -0.2) is 61.3 Å². The van der Waals surface area contributed by atoms with E-state index in [1.165, 1.54) is 19.1 Å². The Morgan fingerprint density at radius 3 is 2.58 bits per heavy atom. The molecule has 1 fully saturated rings. The predicted molar refractivity (Wildman–Crippen MR) is 125 cm³/mol. The minimum atomic E-state index is -0.832. The van der Waals surface area contributed by atoms with E-state index in [0.717, 1.165) is 18.4 Å². The number of aliphatic hydroxyl groups is 1. The Morgan fingerprint density at radius 2 is 1.91 bits per heavy atom. The average molecular weight is 457 g/mol. The van der Waals surface area contributed by atoms with Crippen LogP contribution in [0.4, 0.5) is 5.69 Å².